The van der Waals surface area contributed by atoms with E-state index in [-0.39, 0.29) is 17.7 Å². The van der Waals surface area contributed by atoms with Crippen LogP contribution in [-0.4, -0.2) is 34.3 Å². The molecule has 1 atom stereocenters. The van der Waals surface area contributed by atoms with Gasteiger partial charge in [0.25, 0.3) is 0 Å². The van der Waals surface area contributed by atoms with Crippen LogP contribution >= 0.6 is 0 Å². The second kappa shape index (κ2) is 5.72. The molecule has 108 valence electrons. The van der Waals surface area contributed by atoms with Gasteiger partial charge in [-0.25, -0.2) is 4.79 Å². The third kappa shape index (κ3) is 4.04. The van der Waals surface area contributed by atoms with Gasteiger partial charge in [-0.05, 0) is 33.1 Å². The molecule has 0 unspecified atom stereocenters. The van der Waals surface area contributed by atoms with E-state index in [1.165, 1.54) is 0 Å². The Morgan fingerprint density at radius 2 is 1.63 bits per heavy atom. The van der Waals surface area contributed by atoms with Crippen molar-refractivity contribution in [3.8, 4) is 0 Å². The van der Waals surface area contributed by atoms with Gasteiger partial charge in [-0.1, -0.05) is 13.8 Å². The molecule has 0 aliphatic carbocycles. The minimum absolute atomic E-state index is 0.166. The molecule has 2 amide bonds. The topological polar surface area (TPSA) is 63.7 Å². The van der Waals surface area contributed by atoms with Crippen molar-refractivity contribution in [1.82, 2.24) is 4.90 Å². The van der Waals surface area contributed by atoms with Crippen molar-refractivity contribution in [2.45, 2.75) is 65.5 Å². The van der Waals surface area contributed by atoms with E-state index in [9.17, 15) is 14.4 Å². The van der Waals surface area contributed by atoms with Crippen LogP contribution in [0.25, 0.3) is 0 Å². The molecule has 0 radical (unpaired) electrons. The summed E-state index contributed by atoms with van der Waals surface area (Å²) in [6, 6.07) is -0.820. The predicted molar refractivity (Wildman–Crippen MR) is 70.2 cm³/mol. The summed E-state index contributed by atoms with van der Waals surface area (Å²) in [5.41, 5.74) is -0.633. The fraction of sp³-hybridized carbons (Fsp3) is 0.786. The molecule has 1 rings (SSSR count). The van der Waals surface area contributed by atoms with Gasteiger partial charge in [0.1, 0.15) is 11.6 Å². The molecule has 0 aromatic carbocycles. The van der Waals surface area contributed by atoms with Crippen LogP contribution in [0.15, 0.2) is 0 Å². The fourth-order valence-corrected chi connectivity index (χ4v) is 2.12. The molecule has 19 heavy (non-hydrogen) atoms. The van der Waals surface area contributed by atoms with Crippen LogP contribution in [0.2, 0.25) is 0 Å². The van der Waals surface area contributed by atoms with Gasteiger partial charge in [0.2, 0.25) is 11.8 Å². The highest BCUT2D eigenvalue weighted by Crippen LogP contribution is 2.22. The van der Waals surface area contributed by atoms with Gasteiger partial charge < -0.3 is 4.74 Å². The van der Waals surface area contributed by atoms with E-state index in [0.29, 0.717) is 19.3 Å². The molecule has 5 nitrogen and oxygen atoms in total. The van der Waals surface area contributed by atoms with Gasteiger partial charge in [0.15, 0.2) is 0 Å². The predicted octanol–water partition coefficient (Wildman–Crippen LogP) is 1.89. The van der Waals surface area contributed by atoms with Crippen LogP contribution in [0.4, 0.5) is 0 Å². The number of amides is 2. The maximum absolute atomic E-state index is 12.2. The number of carbonyl (C=O) groups excluding carboxylic acids is 3. The number of likely N-dealkylation sites (tertiary alicyclic amines) is 1. The highest BCUT2D eigenvalue weighted by Gasteiger charge is 2.40. The lowest BCUT2D eigenvalue weighted by Crippen LogP contribution is -2.54. The SMILES string of the molecule is CC(C)[C@@H](C(=O)OC(C)(C)C)N1C(=O)CCCC1=O. The summed E-state index contributed by atoms with van der Waals surface area (Å²) in [4.78, 5) is 37.2. The first-order valence-corrected chi connectivity index (χ1v) is 6.71. The third-order valence-electron chi connectivity index (χ3n) is 2.88. The number of carbonyl (C=O) groups is 3. The summed E-state index contributed by atoms with van der Waals surface area (Å²) >= 11 is 0. The second-order valence-corrected chi connectivity index (χ2v) is 6.23. The van der Waals surface area contributed by atoms with Crippen LogP contribution in [0, 0.1) is 5.92 Å². The number of rotatable bonds is 3. The number of piperidine rings is 1. The van der Waals surface area contributed by atoms with Crippen molar-refractivity contribution >= 4 is 17.8 Å². The highest BCUT2D eigenvalue weighted by molar-refractivity contribution is 6.01. The van der Waals surface area contributed by atoms with E-state index in [1.54, 1.807) is 20.8 Å². The maximum Gasteiger partial charge on any atom is 0.330 e. The Bertz CT molecular complexity index is 365. The Kier molecular flexibility index (Phi) is 4.71. The number of hydrogen-bond donors (Lipinski definition) is 0. The first kappa shape index (κ1) is 15.7. The Labute approximate surface area is 114 Å². The molecule has 0 bridgehead atoms. The maximum atomic E-state index is 12.2. The molecule has 1 saturated heterocycles. The molecular formula is C14H23NO4. The first-order chi connectivity index (χ1) is 8.63. The van der Waals surface area contributed by atoms with Crippen LogP contribution in [0.1, 0.15) is 53.9 Å². The molecule has 0 saturated carbocycles. The average Bonchev–Trinajstić information content (AvgIpc) is 2.20. The summed E-state index contributed by atoms with van der Waals surface area (Å²) in [5.74, 6) is -1.23. The minimum Gasteiger partial charge on any atom is -0.458 e. The molecule has 0 spiro atoms. The summed E-state index contributed by atoms with van der Waals surface area (Å²) < 4.78 is 5.33. The zero-order valence-corrected chi connectivity index (χ0v) is 12.4. The van der Waals surface area contributed by atoms with Gasteiger partial charge in [0, 0.05) is 12.8 Å². The summed E-state index contributed by atoms with van der Waals surface area (Å²) in [6.45, 7) is 8.92. The lowest BCUT2D eigenvalue weighted by Gasteiger charge is -2.35. The molecule has 0 aromatic rings. The normalized spacial score (nSPS) is 18.7. The summed E-state index contributed by atoms with van der Waals surface area (Å²) in [5, 5.41) is 0. The van der Waals surface area contributed by atoms with Gasteiger partial charge in [-0.2, -0.15) is 0 Å². The Morgan fingerprint density at radius 1 is 1.16 bits per heavy atom. The molecular weight excluding hydrogens is 246 g/mol. The van der Waals surface area contributed by atoms with Gasteiger partial charge in [-0.3, -0.25) is 14.5 Å². The molecule has 5 heteroatoms. The first-order valence-electron chi connectivity index (χ1n) is 6.71. The minimum atomic E-state index is -0.820. The van der Waals surface area contributed by atoms with E-state index in [2.05, 4.69) is 0 Å². The lowest BCUT2D eigenvalue weighted by molar-refractivity contribution is -0.172. The van der Waals surface area contributed by atoms with E-state index in [1.807, 2.05) is 13.8 Å². The molecule has 1 aliphatic heterocycles. The highest BCUT2D eigenvalue weighted by atomic mass is 16.6. The van der Waals surface area contributed by atoms with Crippen LogP contribution in [-0.2, 0) is 19.1 Å². The number of imide groups is 1. The fourth-order valence-electron chi connectivity index (χ4n) is 2.12. The number of esters is 1. The van der Waals surface area contributed by atoms with Crippen molar-refractivity contribution in [1.29, 1.82) is 0 Å². The van der Waals surface area contributed by atoms with Crippen molar-refractivity contribution < 1.29 is 19.1 Å². The van der Waals surface area contributed by atoms with Crippen LogP contribution in [0.5, 0.6) is 0 Å². The summed E-state index contributed by atoms with van der Waals surface area (Å²) in [7, 11) is 0. The Balaban J connectivity index is 2.96. The molecule has 1 heterocycles. The van der Waals surface area contributed by atoms with Crippen molar-refractivity contribution in [3.05, 3.63) is 0 Å². The zero-order chi connectivity index (χ0) is 14.8. The molecule has 0 N–H and O–H groups in total. The molecule has 1 aliphatic rings. The van der Waals surface area contributed by atoms with E-state index in [0.717, 1.165) is 4.90 Å². The van der Waals surface area contributed by atoms with E-state index >= 15 is 0 Å². The second-order valence-electron chi connectivity index (χ2n) is 6.23. The van der Waals surface area contributed by atoms with Gasteiger partial charge in [0.05, 0.1) is 0 Å². The summed E-state index contributed by atoms with van der Waals surface area (Å²) in [6.07, 6.45) is 1.20. The molecule has 0 aromatic heterocycles. The number of hydrogen-bond acceptors (Lipinski definition) is 4. The van der Waals surface area contributed by atoms with E-state index in [4.69, 9.17) is 4.74 Å². The van der Waals surface area contributed by atoms with Gasteiger partial charge >= 0.3 is 5.97 Å². The third-order valence-corrected chi connectivity index (χ3v) is 2.88. The Hall–Kier alpha value is -1.39. The molecule has 1 fully saturated rings. The van der Waals surface area contributed by atoms with Crippen LogP contribution in [0.3, 0.4) is 0 Å². The van der Waals surface area contributed by atoms with Crippen molar-refractivity contribution in [2.75, 3.05) is 0 Å². The van der Waals surface area contributed by atoms with Crippen molar-refractivity contribution in [2.24, 2.45) is 5.92 Å². The van der Waals surface area contributed by atoms with E-state index < -0.39 is 17.6 Å². The standard InChI is InChI=1S/C14H23NO4/c1-9(2)12(13(18)19-14(3,4)5)15-10(16)7-6-8-11(15)17/h9,12H,6-8H2,1-5H3/t12-/m0/s1. The van der Waals surface area contributed by atoms with Crippen molar-refractivity contribution in [3.63, 3.8) is 0 Å². The largest absolute Gasteiger partial charge is 0.458 e. The van der Waals surface area contributed by atoms with Crippen LogP contribution < -0.4 is 0 Å². The lowest BCUT2D eigenvalue weighted by atomic mass is 9.98. The monoisotopic (exact) mass is 269 g/mol. The number of nitrogens with zero attached hydrogens (tertiary/aromatic N) is 1. The smallest absolute Gasteiger partial charge is 0.330 e. The Morgan fingerprint density at radius 3 is 2.00 bits per heavy atom. The average molecular weight is 269 g/mol. The zero-order valence-electron chi connectivity index (χ0n) is 12.4. The van der Waals surface area contributed by atoms with Gasteiger partial charge in [-0.15, -0.1) is 0 Å². The number of ether oxygens (including phenoxy) is 1. The quantitative estimate of drug-likeness (QED) is 0.580.